The number of carbonyl (C=O) groups is 2. The fraction of sp³-hybridized carbons (Fsp3) is 0.500. The first kappa shape index (κ1) is 16.1. The topological polar surface area (TPSA) is 53.1 Å². The fourth-order valence-corrected chi connectivity index (χ4v) is 2.34. The Labute approximate surface area is 131 Å². The second-order valence-corrected chi connectivity index (χ2v) is 5.88. The summed E-state index contributed by atoms with van der Waals surface area (Å²) >= 11 is 0. The van der Waals surface area contributed by atoms with E-state index >= 15 is 0 Å². The first-order valence-corrected chi connectivity index (χ1v) is 7.33. The van der Waals surface area contributed by atoms with Crippen LogP contribution in [0.25, 0.3) is 0 Å². The number of hydrogen-bond acceptors (Lipinski definition) is 4. The minimum Gasteiger partial charge on any atom is -0.444 e. The number of hydrogen-bond donors (Lipinski definition) is 0. The minimum atomic E-state index is -0.366. The first-order valence-electron chi connectivity index (χ1n) is 7.33. The Hall–Kier alpha value is -2.24. The van der Waals surface area contributed by atoms with E-state index in [4.69, 9.17) is 4.74 Å². The molecule has 2 rings (SSSR count). The molecule has 1 saturated heterocycles. The number of carbonyl (C=O) groups excluding carboxylic acids is 2. The third-order valence-electron chi connectivity index (χ3n) is 3.70. The summed E-state index contributed by atoms with van der Waals surface area (Å²) in [6.07, 6.45) is 0.0933. The Morgan fingerprint density at radius 2 is 1.77 bits per heavy atom. The van der Waals surface area contributed by atoms with Gasteiger partial charge in [-0.05, 0) is 24.3 Å². The molecule has 0 spiro atoms. The van der Waals surface area contributed by atoms with Crippen LogP contribution in [0.2, 0.25) is 0 Å². The van der Waals surface area contributed by atoms with E-state index in [0.29, 0.717) is 25.1 Å². The van der Waals surface area contributed by atoms with E-state index in [-0.39, 0.29) is 18.1 Å². The standard InChI is InChI=1S/C16H23N3O3/c1-17(2)13-7-5-12(6-8-13)15(20)19-10-9-14(11-19)22-16(21)18(3)4/h5-8,14H,9-11H2,1-4H3. The van der Waals surface area contributed by atoms with E-state index in [0.717, 1.165) is 5.69 Å². The smallest absolute Gasteiger partial charge is 0.409 e. The van der Waals surface area contributed by atoms with Crippen molar-refractivity contribution in [1.82, 2.24) is 9.80 Å². The van der Waals surface area contributed by atoms with Crippen molar-refractivity contribution in [2.24, 2.45) is 0 Å². The van der Waals surface area contributed by atoms with Gasteiger partial charge in [0.1, 0.15) is 6.10 Å². The van der Waals surface area contributed by atoms with Gasteiger partial charge < -0.3 is 19.4 Å². The van der Waals surface area contributed by atoms with Crippen LogP contribution in [0, 0.1) is 0 Å². The van der Waals surface area contributed by atoms with E-state index in [2.05, 4.69) is 0 Å². The molecule has 6 heteroatoms. The highest BCUT2D eigenvalue weighted by Crippen LogP contribution is 2.18. The molecule has 1 unspecified atom stereocenters. The lowest BCUT2D eigenvalue weighted by atomic mass is 10.2. The van der Waals surface area contributed by atoms with Gasteiger partial charge >= 0.3 is 6.09 Å². The zero-order chi connectivity index (χ0) is 16.3. The summed E-state index contributed by atoms with van der Waals surface area (Å²) in [6.45, 7) is 1.06. The van der Waals surface area contributed by atoms with Crippen molar-refractivity contribution < 1.29 is 14.3 Å². The van der Waals surface area contributed by atoms with Crippen molar-refractivity contribution in [3.05, 3.63) is 29.8 Å². The summed E-state index contributed by atoms with van der Waals surface area (Å²) in [5.74, 6) is -0.0197. The molecule has 0 aliphatic carbocycles. The Morgan fingerprint density at radius 1 is 1.14 bits per heavy atom. The molecule has 2 amide bonds. The average molecular weight is 305 g/mol. The maximum Gasteiger partial charge on any atom is 0.409 e. The molecule has 0 radical (unpaired) electrons. The van der Waals surface area contributed by atoms with Crippen molar-refractivity contribution in [2.75, 3.05) is 46.2 Å². The van der Waals surface area contributed by atoms with Gasteiger partial charge in [0.15, 0.2) is 0 Å². The molecule has 1 fully saturated rings. The third kappa shape index (κ3) is 3.69. The number of nitrogens with zero attached hydrogens (tertiary/aromatic N) is 3. The number of rotatable bonds is 3. The van der Waals surface area contributed by atoms with Crippen molar-refractivity contribution in [1.29, 1.82) is 0 Å². The number of anilines is 1. The Morgan fingerprint density at radius 3 is 2.32 bits per heavy atom. The van der Waals surface area contributed by atoms with Crippen LogP contribution in [0.5, 0.6) is 0 Å². The highest BCUT2D eigenvalue weighted by Gasteiger charge is 2.29. The molecule has 1 aliphatic rings. The molecule has 0 N–H and O–H groups in total. The molecule has 22 heavy (non-hydrogen) atoms. The predicted octanol–water partition coefficient (Wildman–Crippen LogP) is 1.67. The number of ether oxygens (including phenoxy) is 1. The molecule has 120 valence electrons. The van der Waals surface area contributed by atoms with Gasteiger partial charge in [-0.2, -0.15) is 0 Å². The lowest BCUT2D eigenvalue weighted by molar-refractivity contribution is 0.0665. The minimum absolute atomic E-state index is 0.0197. The Kier molecular flexibility index (Phi) is 4.90. The molecule has 0 saturated carbocycles. The zero-order valence-corrected chi connectivity index (χ0v) is 13.6. The summed E-state index contributed by atoms with van der Waals surface area (Å²) in [7, 11) is 7.21. The maximum atomic E-state index is 12.5. The number of amides is 2. The predicted molar refractivity (Wildman–Crippen MR) is 85.2 cm³/mol. The lowest BCUT2D eigenvalue weighted by Gasteiger charge is -2.19. The molecule has 1 aliphatic heterocycles. The number of likely N-dealkylation sites (tertiary alicyclic amines) is 1. The molecule has 1 heterocycles. The van der Waals surface area contributed by atoms with Gasteiger partial charge in [-0.15, -0.1) is 0 Å². The second kappa shape index (κ2) is 6.68. The van der Waals surface area contributed by atoms with Crippen LogP contribution in [0.3, 0.4) is 0 Å². The van der Waals surface area contributed by atoms with E-state index in [9.17, 15) is 9.59 Å². The largest absolute Gasteiger partial charge is 0.444 e. The highest BCUT2D eigenvalue weighted by molar-refractivity contribution is 5.94. The number of benzene rings is 1. The SMILES string of the molecule is CN(C)C(=O)OC1CCN(C(=O)c2ccc(N(C)C)cc2)C1. The Balaban J connectivity index is 1.95. The van der Waals surface area contributed by atoms with Crippen molar-refractivity contribution in [2.45, 2.75) is 12.5 Å². The van der Waals surface area contributed by atoms with Crippen LogP contribution in [0.4, 0.5) is 10.5 Å². The summed E-state index contributed by atoms with van der Waals surface area (Å²) in [6, 6.07) is 7.51. The van der Waals surface area contributed by atoms with Crippen LogP contribution in [0.15, 0.2) is 24.3 Å². The summed E-state index contributed by atoms with van der Waals surface area (Å²) in [5, 5.41) is 0. The molecule has 1 atom stereocenters. The van der Waals surface area contributed by atoms with Crippen molar-refractivity contribution in [3.63, 3.8) is 0 Å². The quantitative estimate of drug-likeness (QED) is 0.852. The van der Waals surface area contributed by atoms with Crippen molar-refractivity contribution >= 4 is 17.7 Å². The molecule has 0 bridgehead atoms. The van der Waals surface area contributed by atoms with Gasteiger partial charge in [-0.25, -0.2) is 4.79 Å². The zero-order valence-electron chi connectivity index (χ0n) is 13.6. The second-order valence-electron chi connectivity index (χ2n) is 5.88. The van der Waals surface area contributed by atoms with E-state index in [1.165, 1.54) is 4.90 Å². The van der Waals surface area contributed by atoms with Gasteiger partial charge in [0.05, 0.1) is 6.54 Å². The molecular formula is C16H23N3O3. The maximum absolute atomic E-state index is 12.5. The highest BCUT2D eigenvalue weighted by atomic mass is 16.6. The van der Waals surface area contributed by atoms with Gasteiger partial charge in [0, 0.05) is 52.4 Å². The molecule has 6 nitrogen and oxygen atoms in total. The fourth-order valence-electron chi connectivity index (χ4n) is 2.34. The van der Waals surface area contributed by atoms with Crippen LogP contribution >= 0.6 is 0 Å². The van der Waals surface area contributed by atoms with E-state index in [1.807, 2.05) is 43.3 Å². The van der Waals surface area contributed by atoms with Crippen LogP contribution in [0.1, 0.15) is 16.8 Å². The van der Waals surface area contributed by atoms with E-state index in [1.54, 1.807) is 19.0 Å². The molecule has 1 aromatic carbocycles. The van der Waals surface area contributed by atoms with Gasteiger partial charge in [0.25, 0.3) is 5.91 Å². The third-order valence-corrected chi connectivity index (χ3v) is 3.70. The van der Waals surface area contributed by atoms with Crippen LogP contribution in [-0.4, -0.2) is 69.2 Å². The summed E-state index contributed by atoms with van der Waals surface area (Å²) < 4.78 is 5.33. The molecular weight excluding hydrogens is 282 g/mol. The van der Waals surface area contributed by atoms with Crippen molar-refractivity contribution in [3.8, 4) is 0 Å². The lowest BCUT2D eigenvalue weighted by Crippen LogP contribution is -2.32. The summed E-state index contributed by atoms with van der Waals surface area (Å²) in [4.78, 5) is 29.1. The molecule has 1 aromatic rings. The molecule has 0 aromatic heterocycles. The normalized spacial score (nSPS) is 17.3. The first-order chi connectivity index (χ1) is 10.4. The van der Waals surface area contributed by atoms with Gasteiger partial charge in [-0.1, -0.05) is 0 Å². The summed E-state index contributed by atoms with van der Waals surface area (Å²) in [5.41, 5.74) is 1.71. The van der Waals surface area contributed by atoms with Gasteiger partial charge in [0.2, 0.25) is 0 Å². The van der Waals surface area contributed by atoms with E-state index < -0.39 is 0 Å². The average Bonchev–Trinajstić information content (AvgIpc) is 2.95. The van der Waals surface area contributed by atoms with Gasteiger partial charge in [-0.3, -0.25) is 4.79 Å². The van der Waals surface area contributed by atoms with Crippen LogP contribution < -0.4 is 4.90 Å². The van der Waals surface area contributed by atoms with Crippen LogP contribution in [-0.2, 0) is 4.74 Å². The Bertz CT molecular complexity index is 540. The monoisotopic (exact) mass is 305 g/mol.